The molecule has 2 heterocycles. The van der Waals surface area contributed by atoms with Crippen LogP contribution >= 0.6 is 11.6 Å². The maximum Gasteiger partial charge on any atom is 0.307 e. The second-order valence-corrected chi connectivity index (χ2v) is 6.14. The molecule has 3 aromatic rings. The predicted octanol–water partition coefficient (Wildman–Crippen LogP) is 3.99. The van der Waals surface area contributed by atoms with Crippen LogP contribution in [0.25, 0.3) is 5.52 Å². The van der Waals surface area contributed by atoms with Crippen molar-refractivity contribution < 1.29 is 9.90 Å². The van der Waals surface area contributed by atoms with Gasteiger partial charge in [-0.3, -0.25) is 4.79 Å². The summed E-state index contributed by atoms with van der Waals surface area (Å²) < 4.78 is 1.98. The number of hydrogen-bond acceptors (Lipinski definition) is 2. The van der Waals surface area contributed by atoms with Crippen LogP contribution in [-0.4, -0.2) is 15.5 Å². The molecule has 24 heavy (non-hydrogen) atoms. The molecule has 0 unspecified atom stereocenters. The van der Waals surface area contributed by atoms with Crippen molar-refractivity contribution in [3.05, 3.63) is 75.6 Å². The zero-order chi connectivity index (χ0) is 17.3. The fourth-order valence-electron chi connectivity index (χ4n) is 2.97. The Morgan fingerprint density at radius 3 is 2.62 bits per heavy atom. The minimum Gasteiger partial charge on any atom is -0.481 e. The summed E-state index contributed by atoms with van der Waals surface area (Å²) in [5.41, 5.74) is 5.11. The molecule has 1 aromatic carbocycles. The van der Waals surface area contributed by atoms with Crippen LogP contribution in [0.1, 0.15) is 27.9 Å². The highest BCUT2D eigenvalue weighted by Crippen LogP contribution is 2.27. The van der Waals surface area contributed by atoms with E-state index in [2.05, 4.69) is 6.07 Å². The number of nitrogens with zero attached hydrogens (tertiary/aromatic N) is 2. The number of hydrogen-bond donors (Lipinski definition) is 1. The first-order chi connectivity index (χ1) is 11.5. The fraction of sp³-hybridized carbons (Fsp3) is 0.158. The lowest BCUT2D eigenvalue weighted by Gasteiger charge is -2.05. The maximum atomic E-state index is 11.2. The van der Waals surface area contributed by atoms with Crippen LogP contribution in [0.15, 0.2) is 42.6 Å². The van der Waals surface area contributed by atoms with E-state index in [0.717, 1.165) is 27.9 Å². The van der Waals surface area contributed by atoms with Gasteiger partial charge in [0.2, 0.25) is 0 Å². The average molecular weight is 339 g/mol. The second kappa shape index (κ2) is 6.38. The molecule has 0 aliphatic rings. The first kappa shape index (κ1) is 16.1. The van der Waals surface area contributed by atoms with E-state index in [9.17, 15) is 9.90 Å². The van der Waals surface area contributed by atoms with Gasteiger partial charge in [0.15, 0.2) is 0 Å². The summed E-state index contributed by atoms with van der Waals surface area (Å²) in [4.78, 5) is 11.2. The van der Waals surface area contributed by atoms with Crippen molar-refractivity contribution in [2.24, 2.45) is 0 Å². The van der Waals surface area contributed by atoms with Crippen LogP contribution in [0.4, 0.5) is 0 Å². The zero-order valence-corrected chi connectivity index (χ0v) is 13.8. The summed E-state index contributed by atoms with van der Waals surface area (Å²) in [5, 5.41) is 19.0. The van der Waals surface area contributed by atoms with E-state index >= 15 is 0 Å². The van der Waals surface area contributed by atoms with Crippen molar-refractivity contribution in [1.82, 2.24) is 4.40 Å². The third-order valence-corrected chi connectivity index (χ3v) is 4.43. The van der Waals surface area contributed by atoms with Gasteiger partial charge in [0.25, 0.3) is 0 Å². The number of halogens is 1. The molecule has 0 radical (unpaired) electrons. The molecule has 0 bridgehead atoms. The number of aromatic nitrogens is 1. The van der Waals surface area contributed by atoms with E-state index in [1.54, 1.807) is 12.1 Å². The highest BCUT2D eigenvalue weighted by atomic mass is 35.5. The molecule has 0 saturated carbocycles. The van der Waals surface area contributed by atoms with Crippen molar-refractivity contribution >= 4 is 23.1 Å². The summed E-state index contributed by atoms with van der Waals surface area (Å²) >= 11 is 5.93. The van der Waals surface area contributed by atoms with Crippen LogP contribution in [0.3, 0.4) is 0 Å². The minimum atomic E-state index is -0.883. The Kier molecular flexibility index (Phi) is 4.28. The van der Waals surface area contributed by atoms with Crippen molar-refractivity contribution in [1.29, 1.82) is 5.26 Å². The van der Waals surface area contributed by atoms with Crippen molar-refractivity contribution in [2.45, 2.75) is 19.8 Å². The Labute approximate surface area is 144 Å². The number of rotatable bonds is 4. The van der Waals surface area contributed by atoms with Gasteiger partial charge in [-0.15, -0.1) is 0 Å². The van der Waals surface area contributed by atoms with E-state index in [0.29, 0.717) is 17.0 Å². The topological polar surface area (TPSA) is 65.5 Å². The van der Waals surface area contributed by atoms with E-state index < -0.39 is 5.97 Å². The lowest BCUT2D eigenvalue weighted by Crippen LogP contribution is -2.01. The number of carbonyl (C=O) groups is 1. The largest absolute Gasteiger partial charge is 0.481 e. The van der Waals surface area contributed by atoms with Gasteiger partial charge < -0.3 is 9.51 Å². The lowest BCUT2D eigenvalue weighted by atomic mass is 10.0. The second-order valence-electron chi connectivity index (χ2n) is 5.71. The van der Waals surface area contributed by atoms with Gasteiger partial charge in [0, 0.05) is 23.3 Å². The van der Waals surface area contributed by atoms with Gasteiger partial charge in [-0.05, 0) is 47.9 Å². The highest BCUT2D eigenvalue weighted by Gasteiger charge is 2.17. The predicted molar refractivity (Wildman–Crippen MR) is 92.4 cm³/mol. The number of pyridine rings is 1. The number of aliphatic carboxylic acids is 1. The van der Waals surface area contributed by atoms with E-state index in [-0.39, 0.29) is 6.42 Å². The van der Waals surface area contributed by atoms with Crippen molar-refractivity contribution in [3.63, 3.8) is 0 Å². The Morgan fingerprint density at radius 1 is 1.29 bits per heavy atom. The normalized spacial score (nSPS) is 10.7. The van der Waals surface area contributed by atoms with Crippen molar-refractivity contribution in [2.75, 3.05) is 0 Å². The first-order valence-corrected chi connectivity index (χ1v) is 7.86. The summed E-state index contributed by atoms with van der Waals surface area (Å²) in [7, 11) is 0. The monoisotopic (exact) mass is 338 g/mol. The first-order valence-electron chi connectivity index (χ1n) is 7.48. The lowest BCUT2D eigenvalue weighted by molar-refractivity contribution is -0.136. The molecule has 0 spiro atoms. The molecule has 3 rings (SSSR count). The quantitative estimate of drug-likeness (QED) is 0.782. The van der Waals surface area contributed by atoms with Gasteiger partial charge in [0.05, 0.1) is 23.6 Å². The molecule has 0 amide bonds. The number of carboxylic acids is 1. The molecule has 2 aromatic heterocycles. The zero-order valence-electron chi connectivity index (χ0n) is 13.1. The third kappa shape index (κ3) is 2.99. The summed E-state index contributed by atoms with van der Waals surface area (Å²) in [6, 6.07) is 13.2. The van der Waals surface area contributed by atoms with Gasteiger partial charge in [-0.1, -0.05) is 23.7 Å². The summed E-state index contributed by atoms with van der Waals surface area (Å²) in [6.07, 6.45) is 2.43. The smallest absolute Gasteiger partial charge is 0.307 e. The van der Waals surface area contributed by atoms with Crippen molar-refractivity contribution in [3.8, 4) is 6.07 Å². The molecule has 1 N–H and O–H groups in total. The minimum absolute atomic E-state index is 0.0646. The van der Waals surface area contributed by atoms with Gasteiger partial charge in [-0.25, -0.2) is 0 Å². The van der Waals surface area contributed by atoms with Crippen LogP contribution in [0, 0.1) is 18.3 Å². The highest BCUT2D eigenvalue weighted by molar-refractivity contribution is 6.30. The number of carboxylic acid groups (broad SMARTS) is 1. The molecule has 4 nitrogen and oxygen atoms in total. The molecule has 0 aliphatic carbocycles. The SMILES string of the molecule is Cc1c(CC(=O)O)c2cc(C#N)ccn2c1Cc1ccc(Cl)cc1. The summed E-state index contributed by atoms with van der Waals surface area (Å²) in [6.45, 7) is 1.93. The molecule has 5 heteroatoms. The third-order valence-electron chi connectivity index (χ3n) is 4.18. The molecule has 0 aliphatic heterocycles. The van der Waals surface area contributed by atoms with Crippen LogP contribution in [-0.2, 0) is 17.6 Å². The molecule has 120 valence electrons. The molecule has 0 fully saturated rings. The Morgan fingerprint density at radius 2 is 2.00 bits per heavy atom. The molecule has 0 saturated heterocycles. The van der Waals surface area contributed by atoms with Gasteiger partial charge in [0.1, 0.15) is 0 Å². The van der Waals surface area contributed by atoms with Crippen LogP contribution in [0.2, 0.25) is 5.02 Å². The maximum absolute atomic E-state index is 11.2. The number of nitriles is 1. The number of benzene rings is 1. The fourth-order valence-corrected chi connectivity index (χ4v) is 3.10. The van der Waals surface area contributed by atoms with E-state index in [4.69, 9.17) is 16.9 Å². The van der Waals surface area contributed by atoms with Gasteiger partial charge >= 0.3 is 5.97 Å². The average Bonchev–Trinajstić information content (AvgIpc) is 2.81. The molecular formula is C19H15ClN2O2. The Bertz CT molecular complexity index is 966. The summed E-state index contributed by atoms with van der Waals surface area (Å²) in [5.74, 6) is -0.883. The van der Waals surface area contributed by atoms with Crippen LogP contribution < -0.4 is 0 Å². The standard InChI is InChI=1S/C19H15ClN2O2/c1-12-16(10-19(23)24)18-9-14(11-21)6-7-22(18)17(12)8-13-2-4-15(20)5-3-13/h2-7,9H,8,10H2,1H3,(H,23,24). The van der Waals surface area contributed by atoms with Crippen LogP contribution in [0.5, 0.6) is 0 Å². The Balaban J connectivity index is 2.16. The molecular weight excluding hydrogens is 324 g/mol. The number of fused-ring (bicyclic) bond motifs is 1. The van der Waals surface area contributed by atoms with Gasteiger partial charge in [-0.2, -0.15) is 5.26 Å². The molecule has 0 atom stereocenters. The van der Waals surface area contributed by atoms with E-state index in [1.807, 2.05) is 41.8 Å². The Hall–Kier alpha value is -2.77. The van der Waals surface area contributed by atoms with E-state index in [1.165, 1.54) is 0 Å².